The summed E-state index contributed by atoms with van der Waals surface area (Å²) in [6.45, 7) is 5.79. The van der Waals surface area contributed by atoms with E-state index in [4.69, 9.17) is 0 Å². The number of amides is 3. The number of rotatable bonds is 14. The predicted molar refractivity (Wildman–Crippen MR) is 114 cm³/mol. The largest absolute Gasteiger partial charge is 0.480 e. The topological polar surface area (TPSA) is 125 Å². The number of hydrogen-bond acceptors (Lipinski definition) is 4. The van der Waals surface area contributed by atoms with Gasteiger partial charge < -0.3 is 21.1 Å². The van der Waals surface area contributed by atoms with Crippen LogP contribution >= 0.6 is 0 Å². The molecule has 0 bridgehead atoms. The molecule has 1 rings (SSSR count). The Morgan fingerprint density at radius 2 is 1.60 bits per heavy atom. The molecule has 0 aliphatic heterocycles. The molecule has 0 aromatic heterocycles. The number of aliphatic carboxylic acids is 1. The second-order valence-electron chi connectivity index (χ2n) is 7.76. The summed E-state index contributed by atoms with van der Waals surface area (Å²) in [5.41, 5.74) is 0.782. The van der Waals surface area contributed by atoms with Crippen LogP contribution in [0.1, 0.15) is 52.0 Å². The molecule has 0 spiro atoms. The van der Waals surface area contributed by atoms with Crippen LogP contribution in [0.5, 0.6) is 0 Å². The van der Waals surface area contributed by atoms with Gasteiger partial charge in [0.05, 0.1) is 0 Å². The molecule has 166 valence electrons. The lowest BCUT2D eigenvalue weighted by atomic mass is 10.0. The molecule has 0 radical (unpaired) electrons. The van der Waals surface area contributed by atoms with Crippen molar-refractivity contribution >= 4 is 24.2 Å². The van der Waals surface area contributed by atoms with Crippen molar-refractivity contribution in [2.75, 3.05) is 0 Å². The van der Waals surface area contributed by atoms with Gasteiger partial charge in [0, 0.05) is 6.42 Å². The van der Waals surface area contributed by atoms with Gasteiger partial charge in [-0.25, -0.2) is 4.79 Å². The number of unbranched alkanes of at least 4 members (excludes halogenated alkanes) is 1. The Labute approximate surface area is 177 Å². The predicted octanol–water partition coefficient (Wildman–Crippen LogP) is 1.63. The summed E-state index contributed by atoms with van der Waals surface area (Å²) in [6.07, 6.45) is 3.02. The molecule has 0 unspecified atom stereocenters. The Morgan fingerprint density at radius 3 is 2.13 bits per heavy atom. The highest BCUT2D eigenvalue weighted by atomic mass is 16.4. The third kappa shape index (κ3) is 9.07. The van der Waals surface area contributed by atoms with Crippen LogP contribution in [0.4, 0.5) is 0 Å². The molecule has 30 heavy (non-hydrogen) atoms. The fourth-order valence-electron chi connectivity index (χ4n) is 3.08. The minimum Gasteiger partial charge on any atom is -0.480 e. The molecule has 3 atom stereocenters. The number of nitrogens with one attached hydrogen (secondary N) is 3. The molecule has 1 aromatic carbocycles. The molecule has 3 amide bonds. The van der Waals surface area contributed by atoms with Gasteiger partial charge in [-0.1, -0.05) is 63.9 Å². The SMILES string of the molecule is CCCC[C@H](NC=O)C(=O)N[C@H](CC(C)C)C(=O)N[C@H](Cc1ccccc1)C(=O)O. The Bertz CT molecular complexity index is 693. The molecule has 0 fully saturated rings. The van der Waals surface area contributed by atoms with Gasteiger partial charge in [-0.05, 0) is 24.3 Å². The number of hydrogen-bond donors (Lipinski definition) is 4. The van der Waals surface area contributed by atoms with E-state index in [1.807, 2.05) is 26.8 Å². The first-order valence-electron chi connectivity index (χ1n) is 10.4. The number of benzene rings is 1. The van der Waals surface area contributed by atoms with E-state index in [0.717, 1.165) is 18.4 Å². The second kappa shape index (κ2) is 13.3. The number of carboxylic acids is 1. The number of carboxylic acid groups (broad SMARTS) is 1. The Balaban J connectivity index is 2.88. The van der Waals surface area contributed by atoms with Gasteiger partial charge >= 0.3 is 5.97 Å². The Kier molecular flexibility index (Phi) is 11.2. The zero-order valence-corrected chi connectivity index (χ0v) is 17.9. The lowest BCUT2D eigenvalue weighted by Crippen LogP contribution is -2.55. The van der Waals surface area contributed by atoms with E-state index in [1.54, 1.807) is 24.3 Å². The third-order valence-electron chi connectivity index (χ3n) is 4.67. The zero-order valence-electron chi connectivity index (χ0n) is 17.9. The lowest BCUT2D eigenvalue weighted by molar-refractivity contribution is -0.142. The van der Waals surface area contributed by atoms with Crippen LogP contribution in [0.25, 0.3) is 0 Å². The van der Waals surface area contributed by atoms with Gasteiger partial charge in [0.25, 0.3) is 0 Å². The van der Waals surface area contributed by atoms with Crippen LogP contribution in [0, 0.1) is 5.92 Å². The summed E-state index contributed by atoms with van der Waals surface area (Å²) >= 11 is 0. The summed E-state index contributed by atoms with van der Waals surface area (Å²) in [7, 11) is 0. The van der Waals surface area contributed by atoms with Crippen molar-refractivity contribution < 1.29 is 24.3 Å². The van der Waals surface area contributed by atoms with Crippen molar-refractivity contribution in [1.29, 1.82) is 0 Å². The summed E-state index contributed by atoms with van der Waals surface area (Å²) in [4.78, 5) is 48.0. The molecule has 0 heterocycles. The van der Waals surface area contributed by atoms with Gasteiger partial charge in [-0.2, -0.15) is 0 Å². The smallest absolute Gasteiger partial charge is 0.326 e. The van der Waals surface area contributed by atoms with E-state index in [2.05, 4.69) is 16.0 Å². The maximum Gasteiger partial charge on any atom is 0.326 e. The maximum absolute atomic E-state index is 12.8. The van der Waals surface area contributed by atoms with Crippen molar-refractivity contribution in [3.05, 3.63) is 35.9 Å². The average Bonchev–Trinajstić information content (AvgIpc) is 2.70. The number of carbonyl (C=O) groups excluding carboxylic acids is 3. The van der Waals surface area contributed by atoms with Gasteiger partial charge in [0.15, 0.2) is 0 Å². The second-order valence-corrected chi connectivity index (χ2v) is 7.76. The molecule has 0 aliphatic rings. The standard InChI is InChI=1S/C22H33N3O5/c1-4-5-11-17(23-14-26)20(27)24-18(12-15(2)3)21(28)25-19(22(29)30)13-16-9-7-6-8-10-16/h6-10,14-15,17-19H,4-5,11-13H2,1-3H3,(H,23,26)(H,24,27)(H,25,28)(H,29,30)/t17-,18+,19+/m0/s1. The molecule has 0 aliphatic carbocycles. The third-order valence-corrected chi connectivity index (χ3v) is 4.67. The fraction of sp³-hybridized carbons (Fsp3) is 0.545. The first-order chi connectivity index (χ1) is 14.3. The highest BCUT2D eigenvalue weighted by Gasteiger charge is 2.29. The van der Waals surface area contributed by atoms with Crippen LogP contribution in [0.2, 0.25) is 0 Å². The van der Waals surface area contributed by atoms with E-state index in [9.17, 15) is 24.3 Å². The Hall–Kier alpha value is -2.90. The highest BCUT2D eigenvalue weighted by molar-refractivity contribution is 5.92. The van der Waals surface area contributed by atoms with Crippen molar-refractivity contribution in [2.45, 2.75) is 71.0 Å². The summed E-state index contributed by atoms with van der Waals surface area (Å²) in [6, 6.07) is 6.27. The minimum absolute atomic E-state index is 0.0894. The first kappa shape index (κ1) is 25.1. The minimum atomic E-state index is -1.15. The molecule has 8 heteroatoms. The van der Waals surface area contributed by atoms with Crippen molar-refractivity contribution in [3.8, 4) is 0 Å². The van der Waals surface area contributed by atoms with E-state index in [1.165, 1.54) is 0 Å². The van der Waals surface area contributed by atoms with E-state index in [0.29, 0.717) is 19.3 Å². The van der Waals surface area contributed by atoms with Crippen LogP contribution in [0.3, 0.4) is 0 Å². The lowest BCUT2D eigenvalue weighted by Gasteiger charge is -2.25. The Morgan fingerprint density at radius 1 is 1.00 bits per heavy atom. The molecule has 8 nitrogen and oxygen atoms in total. The zero-order chi connectivity index (χ0) is 22.5. The molecule has 4 N–H and O–H groups in total. The molecular formula is C22H33N3O5. The average molecular weight is 420 g/mol. The van der Waals surface area contributed by atoms with Crippen LogP contribution in [-0.2, 0) is 25.6 Å². The molecule has 1 aromatic rings. The highest BCUT2D eigenvalue weighted by Crippen LogP contribution is 2.09. The quantitative estimate of drug-likeness (QED) is 0.341. The molecule has 0 saturated heterocycles. The van der Waals surface area contributed by atoms with Crippen molar-refractivity contribution in [2.24, 2.45) is 5.92 Å². The first-order valence-corrected chi connectivity index (χ1v) is 10.4. The maximum atomic E-state index is 12.8. The summed E-state index contributed by atoms with van der Waals surface area (Å²) < 4.78 is 0. The normalized spacial score (nSPS) is 13.7. The molecule has 0 saturated carbocycles. The van der Waals surface area contributed by atoms with E-state index < -0.39 is 35.9 Å². The van der Waals surface area contributed by atoms with Gasteiger partial charge in [-0.15, -0.1) is 0 Å². The van der Waals surface area contributed by atoms with Crippen LogP contribution < -0.4 is 16.0 Å². The summed E-state index contributed by atoms with van der Waals surface area (Å²) in [5.74, 6) is -2.07. The fourth-order valence-corrected chi connectivity index (χ4v) is 3.08. The van der Waals surface area contributed by atoms with Crippen LogP contribution in [0.15, 0.2) is 30.3 Å². The number of carbonyl (C=O) groups is 4. The summed E-state index contributed by atoms with van der Waals surface area (Å²) in [5, 5.41) is 17.3. The van der Waals surface area contributed by atoms with Gasteiger partial charge in [-0.3, -0.25) is 14.4 Å². The van der Waals surface area contributed by atoms with E-state index in [-0.39, 0.29) is 12.3 Å². The van der Waals surface area contributed by atoms with Crippen LogP contribution in [-0.4, -0.2) is 47.4 Å². The molecular weight excluding hydrogens is 386 g/mol. The monoisotopic (exact) mass is 419 g/mol. The van der Waals surface area contributed by atoms with Crippen molar-refractivity contribution in [1.82, 2.24) is 16.0 Å². The van der Waals surface area contributed by atoms with E-state index >= 15 is 0 Å². The van der Waals surface area contributed by atoms with Crippen molar-refractivity contribution in [3.63, 3.8) is 0 Å². The van der Waals surface area contributed by atoms with Gasteiger partial charge in [0.2, 0.25) is 18.2 Å². The van der Waals surface area contributed by atoms with Gasteiger partial charge in [0.1, 0.15) is 18.1 Å².